The summed E-state index contributed by atoms with van der Waals surface area (Å²) < 4.78 is 45.6. The Morgan fingerprint density at radius 1 is 0.417 bits per heavy atom. The molecule has 0 amide bonds. The van der Waals surface area contributed by atoms with Gasteiger partial charge in [-0.15, -0.1) is 0 Å². The highest BCUT2D eigenvalue weighted by Gasteiger charge is 2.21. The number of esters is 2. The van der Waals surface area contributed by atoms with Gasteiger partial charge in [0.25, 0.3) is 0 Å². The van der Waals surface area contributed by atoms with E-state index in [-0.39, 0.29) is 11.1 Å². The van der Waals surface area contributed by atoms with Crippen molar-refractivity contribution in [3.63, 3.8) is 0 Å². The van der Waals surface area contributed by atoms with Crippen LogP contribution in [0.4, 0.5) is 0 Å². The monoisotopic (exact) mass is 658 g/mol. The molecule has 0 bridgehead atoms. The highest BCUT2D eigenvalue weighted by atomic mass is 16.6. The second-order valence-electron chi connectivity index (χ2n) is 10.0. The summed E-state index contributed by atoms with van der Waals surface area (Å²) in [4.78, 5) is 26.2. The maximum Gasteiger partial charge on any atom is 0.343 e. The molecule has 0 aliphatic rings. The van der Waals surface area contributed by atoms with Crippen LogP contribution in [0.5, 0.6) is 46.0 Å². The SMILES string of the molecule is CCOc1cc(C(=O)Oc2ccc(-c3ccc(OC(=O)c4cc(OCC)c(OCC)c(OCC)c4)cc3)cc2)cc(OCC)c1OCC. The predicted octanol–water partition coefficient (Wildman–Crippen LogP) is 8.18. The molecule has 4 aromatic carbocycles. The van der Waals surface area contributed by atoms with Crippen LogP contribution in [0.2, 0.25) is 0 Å². The van der Waals surface area contributed by atoms with Crippen LogP contribution in [-0.2, 0) is 0 Å². The first-order valence-corrected chi connectivity index (χ1v) is 16.1. The Kier molecular flexibility index (Phi) is 12.9. The maximum atomic E-state index is 13.1. The van der Waals surface area contributed by atoms with Gasteiger partial charge in [0.05, 0.1) is 50.8 Å². The minimum Gasteiger partial charge on any atom is -0.490 e. The molecular formula is C38H42O10. The maximum absolute atomic E-state index is 13.1. The number of rotatable bonds is 17. The van der Waals surface area contributed by atoms with E-state index in [4.69, 9.17) is 37.9 Å². The van der Waals surface area contributed by atoms with E-state index >= 15 is 0 Å². The van der Waals surface area contributed by atoms with Crippen LogP contribution >= 0.6 is 0 Å². The van der Waals surface area contributed by atoms with Crippen LogP contribution in [0.15, 0.2) is 72.8 Å². The molecule has 0 saturated heterocycles. The third kappa shape index (κ3) is 8.90. The van der Waals surface area contributed by atoms with Gasteiger partial charge in [-0.2, -0.15) is 0 Å². The molecule has 254 valence electrons. The second-order valence-corrected chi connectivity index (χ2v) is 10.0. The first-order chi connectivity index (χ1) is 23.3. The fraction of sp³-hybridized carbons (Fsp3) is 0.316. The molecule has 0 aliphatic carbocycles. The van der Waals surface area contributed by atoms with Gasteiger partial charge in [-0.25, -0.2) is 9.59 Å². The zero-order valence-electron chi connectivity index (χ0n) is 28.3. The highest BCUT2D eigenvalue weighted by molar-refractivity contribution is 5.93. The molecule has 48 heavy (non-hydrogen) atoms. The van der Waals surface area contributed by atoms with Gasteiger partial charge in [0.2, 0.25) is 11.5 Å². The molecule has 0 unspecified atom stereocenters. The van der Waals surface area contributed by atoms with Crippen molar-refractivity contribution < 1.29 is 47.5 Å². The average molecular weight is 659 g/mol. The fourth-order valence-electron chi connectivity index (χ4n) is 4.78. The Hall–Kier alpha value is -5.38. The van der Waals surface area contributed by atoms with Crippen LogP contribution in [0, 0.1) is 0 Å². The number of hydrogen-bond acceptors (Lipinski definition) is 10. The Morgan fingerprint density at radius 3 is 0.938 bits per heavy atom. The fourth-order valence-corrected chi connectivity index (χ4v) is 4.78. The van der Waals surface area contributed by atoms with Crippen LogP contribution < -0.4 is 37.9 Å². The van der Waals surface area contributed by atoms with Crippen molar-refractivity contribution in [2.24, 2.45) is 0 Å². The largest absolute Gasteiger partial charge is 0.490 e. The molecule has 0 radical (unpaired) electrons. The Balaban J connectivity index is 1.46. The molecule has 0 aromatic heterocycles. The molecule has 0 saturated carbocycles. The lowest BCUT2D eigenvalue weighted by molar-refractivity contribution is 0.0724. The van der Waals surface area contributed by atoms with E-state index in [1.807, 2.05) is 65.8 Å². The van der Waals surface area contributed by atoms with E-state index < -0.39 is 11.9 Å². The van der Waals surface area contributed by atoms with Crippen molar-refractivity contribution in [3.05, 3.63) is 83.9 Å². The third-order valence-corrected chi connectivity index (χ3v) is 6.75. The Bertz CT molecular complexity index is 1480. The van der Waals surface area contributed by atoms with Gasteiger partial charge in [-0.1, -0.05) is 24.3 Å². The van der Waals surface area contributed by atoms with Crippen LogP contribution in [0.3, 0.4) is 0 Å². The van der Waals surface area contributed by atoms with Gasteiger partial charge < -0.3 is 37.9 Å². The Morgan fingerprint density at radius 2 is 0.688 bits per heavy atom. The first kappa shape index (κ1) is 35.5. The molecule has 10 heteroatoms. The Labute approximate surface area is 281 Å². The lowest BCUT2D eigenvalue weighted by Gasteiger charge is -2.17. The minimum atomic E-state index is -0.562. The van der Waals surface area contributed by atoms with Gasteiger partial charge in [0, 0.05) is 0 Å². The lowest BCUT2D eigenvalue weighted by atomic mass is 10.1. The molecule has 0 N–H and O–H groups in total. The smallest absolute Gasteiger partial charge is 0.343 e. The van der Waals surface area contributed by atoms with Crippen molar-refractivity contribution in [2.45, 2.75) is 41.5 Å². The van der Waals surface area contributed by atoms with E-state index in [0.717, 1.165) is 11.1 Å². The predicted molar refractivity (Wildman–Crippen MR) is 182 cm³/mol. The number of hydrogen-bond donors (Lipinski definition) is 0. The van der Waals surface area contributed by atoms with Gasteiger partial charge in [-0.3, -0.25) is 0 Å². The minimum absolute atomic E-state index is 0.271. The normalized spacial score (nSPS) is 10.5. The van der Waals surface area contributed by atoms with Crippen LogP contribution in [-0.4, -0.2) is 51.6 Å². The summed E-state index contributed by atoms with van der Waals surface area (Å²) in [5.74, 6) is 2.15. The summed E-state index contributed by atoms with van der Waals surface area (Å²) in [7, 11) is 0. The second kappa shape index (κ2) is 17.5. The molecule has 0 spiro atoms. The number of benzene rings is 4. The van der Waals surface area contributed by atoms with Gasteiger partial charge in [0.1, 0.15) is 11.5 Å². The van der Waals surface area contributed by atoms with E-state index in [0.29, 0.717) is 85.6 Å². The molecule has 0 fully saturated rings. The van der Waals surface area contributed by atoms with Crippen molar-refractivity contribution in [2.75, 3.05) is 39.6 Å². The standard InChI is InChI=1S/C38H42O10/c1-7-41-31-21-27(22-32(42-8-2)35(31)45-11-5)37(39)47-29-17-13-25(14-18-29)26-15-19-30(20-16-26)48-38(40)28-23-33(43-9-3)36(46-12-6)34(24-28)44-10-4/h13-24H,7-12H2,1-6H3. The summed E-state index contributed by atoms with van der Waals surface area (Å²) >= 11 is 0. The highest BCUT2D eigenvalue weighted by Crippen LogP contribution is 2.40. The quantitative estimate of drug-likeness (QED) is 0.0814. The molecule has 0 heterocycles. The van der Waals surface area contributed by atoms with Crippen molar-refractivity contribution in [1.82, 2.24) is 0 Å². The van der Waals surface area contributed by atoms with Crippen molar-refractivity contribution in [1.29, 1.82) is 0 Å². The van der Waals surface area contributed by atoms with Gasteiger partial charge in [0.15, 0.2) is 23.0 Å². The number of ether oxygens (including phenoxy) is 8. The van der Waals surface area contributed by atoms with Crippen LogP contribution in [0.25, 0.3) is 11.1 Å². The molecule has 4 rings (SSSR count). The van der Waals surface area contributed by atoms with Gasteiger partial charge >= 0.3 is 11.9 Å². The molecular weight excluding hydrogens is 616 g/mol. The molecule has 0 atom stereocenters. The summed E-state index contributed by atoms with van der Waals surface area (Å²) in [6.45, 7) is 13.5. The summed E-state index contributed by atoms with van der Waals surface area (Å²) in [5.41, 5.74) is 2.29. The lowest BCUT2D eigenvalue weighted by Crippen LogP contribution is -2.11. The molecule has 0 aliphatic heterocycles. The topological polar surface area (TPSA) is 108 Å². The summed E-state index contributed by atoms with van der Waals surface area (Å²) in [6.07, 6.45) is 0. The third-order valence-electron chi connectivity index (χ3n) is 6.75. The summed E-state index contributed by atoms with van der Waals surface area (Å²) in [5, 5.41) is 0. The van der Waals surface area contributed by atoms with Crippen molar-refractivity contribution in [3.8, 4) is 57.1 Å². The van der Waals surface area contributed by atoms with E-state index in [1.165, 1.54) is 0 Å². The van der Waals surface area contributed by atoms with E-state index in [2.05, 4.69) is 0 Å². The number of carbonyl (C=O) groups is 2. The van der Waals surface area contributed by atoms with Crippen LogP contribution in [0.1, 0.15) is 62.3 Å². The average Bonchev–Trinajstić information content (AvgIpc) is 3.08. The van der Waals surface area contributed by atoms with E-state index in [1.54, 1.807) is 48.5 Å². The number of carbonyl (C=O) groups excluding carboxylic acids is 2. The van der Waals surface area contributed by atoms with E-state index in [9.17, 15) is 9.59 Å². The zero-order valence-corrected chi connectivity index (χ0v) is 28.3. The molecule has 10 nitrogen and oxygen atoms in total. The zero-order chi connectivity index (χ0) is 34.5. The first-order valence-electron chi connectivity index (χ1n) is 16.1. The van der Waals surface area contributed by atoms with Gasteiger partial charge in [-0.05, 0) is 101 Å². The summed E-state index contributed by atoms with van der Waals surface area (Å²) in [6, 6.07) is 20.5. The van der Waals surface area contributed by atoms with Crippen molar-refractivity contribution >= 4 is 11.9 Å². The molecule has 4 aromatic rings.